The van der Waals surface area contributed by atoms with E-state index in [4.69, 9.17) is 38.0 Å². The molecule has 0 aliphatic rings. The summed E-state index contributed by atoms with van der Waals surface area (Å²) in [6, 6.07) is 21.1. The van der Waals surface area contributed by atoms with Crippen molar-refractivity contribution in [3.8, 4) is 17.2 Å². The van der Waals surface area contributed by atoms with Crippen molar-refractivity contribution in [2.24, 2.45) is 0 Å². The second-order valence-corrected chi connectivity index (χ2v) is 7.09. The van der Waals surface area contributed by atoms with Crippen LogP contribution in [0.5, 0.6) is 17.2 Å². The van der Waals surface area contributed by atoms with Crippen LogP contribution in [0, 0.1) is 0 Å². The highest BCUT2D eigenvalue weighted by Crippen LogP contribution is 2.29. The van der Waals surface area contributed by atoms with E-state index in [1.807, 2.05) is 66.7 Å². The molecule has 4 nitrogen and oxygen atoms in total. The summed E-state index contributed by atoms with van der Waals surface area (Å²) in [6.45, 7) is 0.978. The van der Waals surface area contributed by atoms with Crippen LogP contribution in [-0.2, 0) is 13.2 Å². The Labute approximate surface area is 181 Å². The lowest BCUT2D eigenvalue weighted by Gasteiger charge is -2.14. The summed E-state index contributed by atoms with van der Waals surface area (Å²) in [4.78, 5) is 0.636. The molecule has 0 unspecified atom stereocenters. The van der Waals surface area contributed by atoms with Gasteiger partial charge >= 0.3 is 0 Å². The van der Waals surface area contributed by atoms with Crippen molar-refractivity contribution in [1.82, 2.24) is 5.32 Å². The molecule has 29 heavy (non-hydrogen) atoms. The maximum Gasteiger partial charge on any atom is 0.161 e. The molecular formula is C23H22ClNO3S. The van der Waals surface area contributed by atoms with Gasteiger partial charge in [-0.25, -0.2) is 0 Å². The summed E-state index contributed by atoms with van der Waals surface area (Å²) in [5.41, 5.74) is 2.88. The molecule has 0 saturated carbocycles. The van der Waals surface area contributed by atoms with Gasteiger partial charge in [0.15, 0.2) is 11.5 Å². The summed E-state index contributed by atoms with van der Waals surface area (Å²) < 4.78 is 16.6. The highest BCUT2D eigenvalue weighted by molar-refractivity contribution is 7.80. The Morgan fingerprint density at radius 1 is 0.931 bits per heavy atom. The number of methoxy groups -OCH3 is 2. The molecule has 150 valence electrons. The lowest BCUT2D eigenvalue weighted by molar-refractivity contribution is 0.284. The quantitative estimate of drug-likeness (QED) is 0.487. The molecule has 0 amide bonds. The molecule has 3 aromatic rings. The smallest absolute Gasteiger partial charge is 0.161 e. The summed E-state index contributed by atoms with van der Waals surface area (Å²) in [7, 11) is 3.26. The Morgan fingerprint density at radius 3 is 2.38 bits per heavy atom. The van der Waals surface area contributed by atoms with Crippen molar-refractivity contribution >= 4 is 28.8 Å². The molecule has 3 rings (SSSR count). The molecule has 0 atom stereocenters. The topological polar surface area (TPSA) is 39.7 Å². The van der Waals surface area contributed by atoms with Gasteiger partial charge in [0, 0.05) is 22.7 Å². The van der Waals surface area contributed by atoms with Crippen molar-refractivity contribution in [2.45, 2.75) is 13.2 Å². The summed E-state index contributed by atoms with van der Waals surface area (Å²) in [6.07, 6.45) is 0. The normalized spacial score (nSPS) is 10.3. The van der Waals surface area contributed by atoms with Crippen LogP contribution in [0.25, 0.3) is 0 Å². The van der Waals surface area contributed by atoms with E-state index in [0.29, 0.717) is 34.7 Å². The monoisotopic (exact) mass is 427 g/mol. The Bertz CT molecular complexity index is 976. The second kappa shape index (κ2) is 10.1. The van der Waals surface area contributed by atoms with E-state index in [2.05, 4.69) is 5.32 Å². The van der Waals surface area contributed by atoms with Crippen LogP contribution in [0.1, 0.15) is 16.7 Å². The molecule has 0 radical (unpaired) electrons. The van der Waals surface area contributed by atoms with E-state index in [0.717, 1.165) is 22.4 Å². The van der Waals surface area contributed by atoms with Crippen LogP contribution < -0.4 is 19.5 Å². The number of nitrogens with one attached hydrogen (secondary N) is 1. The van der Waals surface area contributed by atoms with Gasteiger partial charge in [0.05, 0.1) is 14.2 Å². The average Bonchev–Trinajstić information content (AvgIpc) is 2.77. The lowest BCUT2D eigenvalue weighted by atomic mass is 10.1. The van der Waals surface area contributed by atoms with Crippen LogP contribution in [0.15, 0.2) is 66.7 Å². The minimum absolute atomic E-state index is 0.357. The first kappa shape index (κ1) is 21.0. The summed E-state index contributed by atoms with van der Waals surface area (Å²) in [5, 5.41) is 3.94. The number of hydrogen-bond donors (Lipinski definition) is 1. The number of thiocarbonyl (C=S) groups is 1. The predicted molar refractivity (Wildman–Crippen MR) is 120 cm³/mol. The third-order valence-corrected chi connectivity index (χ3v) is 5.13. The van der Waals surface area contributed by atoms with E-state index in [1.165, 1.54) is 0 Å². The van der Waals surface area contributed by atoms with E-state index < -0.39 is 0 Å². The SMILES string of the molecule is COc1ccc(CNC(=S)c2ccc(OCc3ccccc3Cl)c(OC)c2)cc1. The molecule has 3 aromatic carbocycles. The van der Waals surface area contributed by atoms with Gasteiger partial charge in [-0.3, -0.25) is 0 Å². The molecule has 0 spiro atoms. The zero-order valence-electron chi connectivity index (χ0n) is 16.3. The highest BCUT2D eigenvalue weighted by Gasteiger charge is 2.10. The average molecular weight is 428 g/mol. The van der Waals surface area contributed by atoms with Crippen LogP contribution in [0.4, 0.5) is 0 Å². The molecule has 0 aromatic heterocycles. The Balaban J connectivity index is 1.63. The molecule has 6 heteroatoms. The van der Waals surface area contributed by atoms with Gasteiger partial charge in [-0.05, 0) is 42.0 Å². The number of rotatable bonds is 8. The minimum atomic E-state index is 0.357. The van der Waals surface area contributed by atoms with Gasteiger partial charge in [0.2, 0.25) is 0 Å². The summed E-state index contributed by atoms with van der Waals surface area (Å²) in [5.74, 6) is 2.07. The second-order valence-electron chi connectivity index (χ2n) is 6.28. The number of benzene rings is 3. The zero-order valence-corrected chi connectivity index (χ0v) is 17.8. The molecule has 0 aliphatic carbocycles. The fourth-order valence-corrected chi connectivity index (χ4v) is 3.12. The predicted octanol–water partition coefficient (Wildman–Crippen LogP) is 5.40. The van der Waals surface area contributed by atoms with Gasteiger partial charge in [0.25, 0.3) is 0 Å². The highest BCUT2D eigenvalue weighted by atomic mass is 35.5. The fraction of sp³-hybridized carbons (Fsp3) is 0.174. The molecule has 0 fully saturated rings. The maximum absolute atomic E-state index is 6.19. The van der Waals surface area contributed by atoms with Gasteiger partial charge < -0.3 is 19.5 Å². The Morgan fingerprint density at radius 2 is 1.69 bits per heavy atom. The first-order valence-electron chi connectivity index (χ1n) is 9.06. The Kier molecular flexibility index (Phi) is 7.33. The van der Waals surface area contributed by atoms with Crippen molar-refractivity contribution < 1.29 is 14.2 Å². The largest absolute Gasteiger partial charge is 0.497 e. The van der Waals surface area contributed by atoms with Crippen molar-refractivity contribution in [2.75, 3.05) is 14.2 Å². The third-order valence-electron chi connectivity index (χ3n) is 4.38. The lowest BCUT2D eigenvalue weighted by Crippen LogP contribution is -2.21. The van der Waals surface area contributed by atoms with Gasteiger partial charge in [-0.2, -0.15) is 0 Å². The van der Waals surface area contributed by atoms with E-state index in [-0.39, 0.29) is 0 Å². The van der Waals surface area contributed by atoms with Crippen LogP contribution in [0.2, 0.25) is 5.02 Å². The minimum Gasteiger partial charge on any atom is -0.497 e. The number of ether oxygens (including phenoxy) is 3. The van der Waals surface area contributed by atoms with Crippen molar-refractivity contribution in [3.05, 3.63) is 88.4 Å². The molecule has 0 heterocycles. The van der Waals surface area contributed by atoms with Gasteiger partial charge in [0.1, 0.15) is 17.3 Å². The van der Waals surface area contributed by atoms with Crippen molar-refractivity contribution in [1.29, 1.82) is 0 Å². The van der Waals surface area contributed by atoms with E-state index in [9.17, 15) is 0 Å². The maximum atomic E-state index is 6.19. The summed E-state index contributed by atoms with van der Waals surface area (Å²) >= 11 is 11.7. The molecule has 0 saturated heterocycles. The molecule has 0 bridgehead atoms. The molecule has 1 N–H and O–H groups in total. The molecular weight excluding hydrogens is 406 g/mol. The van der Waals surface area contributed by atoms with Crippen LogP contribution in [0.3, 0.4) is 0 Å². The first-order valence-corrected chi connectivity index (χ1v) is 9.84. The van der Waals surface area contributed by atoms with Gasteiger partial charge in [-0.15, -0.1) is 0 Å². The van der Waals surface area contributed by atoms with E-state index in [1.54, 1.807) is 14.2 Å². The van der Waals surface area contributed by atoms with Crippen molar-refractivity contribution in [3.63, 3.8) is 0 Å². The standard InChI is InChI=1S/C23H22ClNO3S/c1-26-19-10-7-16(8-11-19)14-25-23(29)17-9-12-21(22(13-17)27-2)28-15-18-5-3-4-6-20(18)24/h3-13H,14-15H2,1-2H3,(H,25,29). The molecule has 0 aliphatic heterocycles. The van der Waals surface area contributed by atoms with Gasteiger partial charge in [-0.1, -0.05) is 54.2 Å². The zero-order chi connectivity index (χ0) is 20.6. The first-order chi connectivity index (χ1) is 14.1. The van der Waals surface area contributed by atoms with Crippen LogP contribution >= 0.6 is 23.8 Å². The number of halogens is 1. The van der Waals surface area contributed by atoms with Crippen LogP contribution in [-0.4, -0.2) is 19.2 Å². The Hall–Kier alpha value is -2.76. The third kappa shape index (κ3) is 5.62. The number of hydrogen-bond acceptors (Lipinski definition) is 4. The van der Waals surface area contributed by atoms with E-state index >= 15 is 0 Å². The fourth-order valence-electron chi connectivity index (χ4n) is 2.73.